The number of benzene rings is 3. The lowest BCUT2D eigenvalue weighted by Gasteiger charge is -2.18. The Morgan fingerprint density at radius 3 is 2.33 bits per heavy atom. The molecule has 0 aliphatic carbocycles. The van der Waals surface area contributed by atoms with E-state index in [2.05, 4.69) is 18.7 Å². The number of ketones is 1. The normalized spacial score (nSPS) is 11.3. The number of likely N-dealkylation sites (N-methyl/N-ethyl adjacent to an activating group) is 1. The quantitative estimate of drug-likeness (QED) is 0.318. The average molecular weight is 444 g/mol. The van der Waals surface area contributed by atoms with E-state index in [0.29, 0.717) is 29.1 Å². The zero-order chi connectivity index (χ0) is 23.4. The van der Waals surface area contributed by atoms with Crippen molar-refractivity contribution in [2.75, 3.05) is 26.2 Å². The molecule has 0 bridgehead atoms. The van der Waals surface area contributed by atoms with Crippen LogP contribution in [0.2, 0.25) is 0 Å². The van der Waals surface area contributed by atoms with Gasteiger partial charge in [0.15, 0.2) is 5.78 Å². The Balaban J connectivity index is 1.67. The smallest absolute Gasteiger partial charge is 0.197 e. The highest BCUT2D eigenvalue weighted by molar-refractivity contribution is 6.19. The molecule has 0 saturated heterocycles. The molecule has 5 heteroatoms. The van der Waals surface area contributed by atoms with Gasteiger partial charge in [-0.3, -0.25) is 4.79 Å². The number of ether oxygens (including phenoxy) is 1. The first-order valence-corrected chi connectivity index (χ1v) is 11.3. The van der Waals surface area contributed by atoms with E-state index < -0.39 is 0 Å². The van der Waals surface area contributed by atoms with Gasteiger partial charge in [-0.15, -0.1) is 0 Å². The molecule has 0 unspecified atom stereocenters. The first-order valence-electron chi connectivity index (χ1n) is 11.3. The zero-order valence-corrected chi connectivity index (χ0v) is 19.3. The SMILES string of the molecule is CCN(CC)CCOc1ccc(-c2oc3ccc(C)cc3c2C(=O)c2ccc(O)cc2)cc1. The summed E-state index contributed by atoms with van der Waals surface area (Å²) in [6.45, 7) is 9.78. The van der Waals surface area contributed by atoms with Gasteiger partial charge in [0.05, 0.1) is 5.56 Å². The first-order chi connectivity index (χ1) is 16.0. The summed E-state index contributed by atoms with van der Waals surface area (Å²) in [5, 5.41) is 10.4. The summed E-state index contributed by atoms with van der Waals surface area (Å²) in [6, 6.07) is 19.8. The van der Waals surface area contributed by atoms with Gasteiger partial charge in [-0.25, -0.2) is 0 Å². The Morgan fingerprint density at radius 2 is 1.67 bits per heavy atom. The number of aryl methyl sites for hydroxylation is 1. The van der Waals surface area contributed by atoms with E-state index in [0.717, 1.165) is 41.9 Å². The van der Waals surface area contributed by atoms with Crippen LogP contribution in [-0.4, -0.2) is 42.0 Å². The van der Waals surface area contributed by atoms with Crippen LogP contribution in [0.4, 0.5) is 0 Å². The number of fused-ring (bicyclic) bond motifs is 1. The summed E-state index contributed by atoms with van der Waals surface area (Å²) < 4.78 is 12.1. The second-order valence-electron chi connectivity index (χ2n) is 8.08. The van der Waals surface area contributed by atoms with Gasteiger partial charge in [-0.1, -0.05) is 25.5 Å². The molecule has 170 valence electrons. The third-order valence-corrected chi connectivity index (χ3v) is 5.89. The molecule has 1 N–H and O–H groups in total. The summed E-state index contributed by atoms with van der Waals surface area (Å²) in [5.41, 5.74) is 3.54. The molecule has 3 aromatic carbocycles. The second-order valence-corrected chi connectivity index (χ2v) is 8.08. The number of rotatable bonds is 9. The number of nitrogens with zero attached hydrogens (tertiary/aromatic N) is 1. The third kappa shape index (κ3) is 4.94. The van der Waals surface area contributed by atoms with Gasteiger partial charge in [0.25, 0.3) is 0 Å². The van der Waals surface area contributed by atoms with Crippen molar-refractivity contribution in [2.24, 2.45) is 0 Å². The fraction of sp³-hybridized carbons (Fsp3) is 0.250. The highest BCUT2D eigenvalue weighted by atomic mass is 16.5. The van der Waals surface area contributed by atoms with Crippen LogP contribution in [-0.2, 0) is 0 Å². The van der Waals surface area contributed by atoms with Crippen LogP contribution < -0.4 is 4.74 Å². The minimum Gasteiger partial charge on any atom is -0.508 e. The molecular weight excluding hydrogens is 414 g/mol. The molecule has 0 fully saturated rings. The van der Waals surface area contributed by atoms with Crippen molar-refractivity contribution < 1.29 is 19.1 Å². The summed E-state index contributed by atoms with van der Waals surface area (Å²) in [6.07, 6.45) is 0. The van der Waals surface area contributed by atoms with E-state index in [-0.39, 0.29) is 11.5 Å². The van der Waals surface area contributed by atoms with E-state index in [9.17, 15) is 9.90 Å². The Hall–Kier alpha value is -3.57. The molecule has 33 heavy (non-hydrogen) atoms. The molecule has 0 atom stereocenters. The van der Waals surface area contributed by atoms with Gasteiger partial charge < -0.3 is 19.2 Å². The maximum absolute atomic E-state index is 13.5. The van der Waals surface area contributed by atoms with Crippen LogP contribution in [0.5, 0.6) is 11.5 Å². The zero-order valence-electron chi connectivity index (χ0n) is 19.3. The van der Waals surface area contributed by atoms with Crippen LogP contribution in [0.1, 0.15) is 35.3 Å². The highest BCUT2D eigenvalue weighted by Gasteiger charge is 2.23. The number of phenolic OH excluding ortho intramolecular Hbond substituents is 1. The van der Waals surface area contributed by atoms with Gasteiger partial charge in [-0.05, 0) is 80.7 Å². The van der Waals surface area contributed by atoms with Crippen LogP contribution >= 0.6 is 0 Å². The lowest BCUT2D eigenvalue weighted by atomic mass is 9.96. The molecule has 0 amide bonds. The largest absolute Gasteiger partial charge is 0.508 e. The van der Waals surface area contributed by atoms with E-state index in [4.69, 9.17) is 9.15 Å². The first kappa shape index (κ1) is 22.6. The number of carbonyl (C=O) groups is 1. The topological polar surface area (TPSA) is 62.9 Å². The number of hydrogen-bond acceptors (Lipinski definition) is 5. The fourth-order valence-electron chi connectivity index (χ4n) is 3.93. The summed E-state index contributed by atoms with van der Waals surface area (Å²) in [5.74, 6) is 1.29. The Morgan fingerprint density at radius 1 is 0.970 bits per heavy atom. The Labute approximate surface area is 194 Å². The van der Waals surface area contributed by atoms with Crippen LogP contribution in [0.15, 0.2) is 71.1 Å². The van der Waals surface area contributed by atoms with Gasteiger partial charge in [0, 0.05) is 23.1 Å². The third-order valence-electron chi connectivity index (χ3n) is 5.89. The maximum atomic E-state index is 13.5. The number of carbonyl (C=O) groups excluding carboxylic acids is 1. The molecule has 1 aromatic heterocycles. The Bertz CT molecular complexity index is 1240. The number of phenols is 1. The van der Waals surface area contributed by atoms with Gasteiger partial charge in [0.2, 0.25) is 0 Å². The summed E-state index contributed by atoms with van der Waals surface area (Å²) in [4.78, 5) is 15.8. The maximum Gasteiger partial charge on any atom is 0.197 e. The van der Waals surface area contributed by atoms with E-state index >= 15 is 0 Å². The lowest BCUT2D eigenvalue weighted by Crippen LogP contribution is -2.27. The van der Waals surface area contributed by atoms with Gasteiger partial charge in [0.1, 0.15) is 29.4 Å². The molecule has 0 aliphatic rings. The lowest BCUT2D eigenvalue weighted by molar-refractivity contribution is 0.104. The van der Waals surface area contributed by atoms with Crippen molar-refractivity contribution in [2.45, 2.75) is 20.8 Å². The van der Waals surface area contributed by atoms with E-state index in [1.165, 1.54) is 12.1 Å². The predicted octanol–water partition coefficient (Wildman–Crippen LogP) is 6.07. The van der Waals surface area contributed by atoms with Crippen molar-refractivity contribution >= 4 is 16.8 Å². The predicted molar refractivity (Wildman–Crippen MR) is 131 cm³/mol. The summed E-state index contributed by atoms with van der Waals surface area (Å²) in [7, 11) is 0. The molecule has 1 heterocycles. The monoisotopic (exact) mass is 443 g/mol. The van der Waals surface area contributed by atoms with E-state index in [1.807, 2.05) is 49.4 Å². The molecule has 4 rings (SSSR count). The van der Waals surface area contributed by atoms with Crippen molar-refractivity contribution in [1.82, 2.24) is 4.90 Å². The van der Waals surface area contributed by atoms with Crippen molar-refractivity contribution in [3.8, 4) is 22.8 Å². The summed E-state index contributed by atoms with van der Waals surface area (Å²) >= 11 is 0. The minimum atomic E-state index is -0.145. The molecule has 5 nitrogen and oxygen atoms in total. The van der Waals surface area contributed by atoms with Gasteiger partial charge in [-0.2, -0.15) is 0 Å². The number of aromatic hydroxyl groups is 1. The number of furan rings is 1. The van der Waals surface area contributed by atoms with Crippen LogP contribution in [0, 0.1) is 6.92 Å². The van der Waals surface area contributed by atoms with Crippen molar-refractivity contribution in [3.05, 3.63) is 83.4 Å². The fourth-order valence-corrected chi connectivity index (χ4v) is 3.93. The van der Waals surface area contributed by atoms with Crippen molar-refractivity contribution in [1.29, 1.82) is 0 Å². The van der Waals surface area contributed by atoms with Gasteiger partial charge >= 0.3 is 0 Å². The molecule has 0 saturated carbocycles. The van der Waals surface area contributed by atoms with Crippen LogP contribution in [0.25, 0.3) is 22.3 Å². The van der Waals surface area contributed by atoms with Crippen molar-refractivity contribution in [3.63, 3.8) is 0 Å². The molecule has 0 spiro atoms. The number of hydrogen-bond donors (Lipinski definition) is 1. The molecule has 0 aliphatic heterocycles. The van der Waals surface area contributed by atoms with Crippen LogP contribution in [0.3, 0.4) is 0 Å². The highest BCUT2D eigenvalue weighted by Crippen LogP contribution is 2.36. The van der Waals surface area contributed by atoms with E-state index in [1.54, 1.807) is 12.1 Å². The molecule has 0 radical (unpaired) electrons. The Kier molecular flexibility index (Phi) is 6.80. The molecule has 4 aromatic rings. The minimum absolute atomic E-state index is 0.122. The second kappa shape index (κ2) is 9.92. The standard InChI is InChI=1S/C28H29NO4/c1-4-29(5-2)16-17-32-23-13-9-21(10-14-23)28-26(24-18-19(3)6-15-25(24)33-28)27(31)20-7-11-22(30)12-8-20/h6-15,18,30H,4-5,16-17H2,1-3H3. The average Bonchev–Trinajstić information content (AvgIpc) is 3.21. The molecular formula is C28H29NO4.